The molecule has 2 aromatic heterocycles. The average Bonchev–Trinajstić information content (AvgIpc) is 2.83. The Bertz CT molecular complexity index is 1240. The number of benzene rings is 1. The molecule has 0 radical (unpaired) electrons. The van der Waals surface area contributed by atoms with Crippen molar-refractivity contribution in [2.75, 3.05) is 18.0 Å². The van der Waals surface area contributed by atoms with Crippen molar-refractivity contribution in [1.29, 1.82) is 0 Å². The number of hydrogen-bond acceptors (Lipinski definition) is 9. The Morgan fingerprint density at radius 1 is 1.19 bits per heavy atom. The Kier molecular flexibility index (Phi) is 8.94. The van der Waals surface area contributed by atoms with Gasteiger partial charge in [0.25, 0.3) is 0 Å². The van der Waals surface area contributed by atoms with E-state index in [1.54, 1.807) is 27.0 Å². The summed E-state index contributed by atoms with van der Waals surface area (Å²) in [5, 5.41) is 0.975. The average molecular weight is 515 g/mol. The number of para-hydroxylation sites is 1. The van der Waals surface area contributed by atoms with E-state index in [0.717, 1.165) is 20.8 Å². The third-order valence-corrected chi connectivity index (χ3v) is 5.81. The number of rotatable bonds is 11. The lowest BCUT2D eigenvalue weighted by Gasteiger charge is -2.32. The fourth-order valence-electron chi connectivity index (χ4n) is 3.54. The Labute approximate surface area is 212 Å². The monoisotopic (exact) mass is 514 g/mol. The Balaban J connectivity index is 1.86. The quantitative estimate of drug-likeness (QED) is 0.215. The number of fused-ring (bicyclic) bond motifs is 1. The number of pyridine rings is 2. The van der Waals surface area contributed by atoms with Gasteiger partial charge in [0, 0.05) is 35.3 Å². The number of aromatic nitrogens is 2. The zero-order chi connectivity index (χ0) is 26.3. The molecule has 1 aromatic carbocycles. The van der Waals surface area contributed by atoms with Crippen LogP contribution in [0.15, 0.2) is 48.7 Å². The third-order valence-electron chi connectivity index (χ3n) is 5.03. The van der Waals surface area contributed by atoms with Crippen LogP contribution in [0.25, 0.3) is 10.9 Å². The van der Waals surface area contributed by atoms with Crippen molar-refractivity contribution in [3.8, 4) is 11.8 Å². The highest BCUT2D eigenvalue weighted by atomic mass is 32.2. The molecule has 0 saturated carbocycles. The van der Waals surface area contributed by atoms with Crippen LogP contribution in [0.3, 0.4) is 0 Å². The zero-order valence-corrected chi connectivity index (χ0v) is 21.3. The van der Waals surface area contributed by atoms with Gasteiger partial charge in [-0.15, -0.1) is 0 Å². The fourth-order valence-corrected chi connectivity index (χ4v) is 4.19. The Hall–Kier alpha value is -3.57. The first-order valence-corrected chi connectivity index (χ1v) is 12.2. The lowest BCUT2D eigenvalue weighted by atomic mass is 10.1. The van der Waals surface area contributed by atoms with Gasteiger partial charge in [0.05, 0.1) is 25.7 Å². The first-order chi connectivity index (χ1) is 17.1. The van der Waals surface area contributed by atoms with Crippen LogP contribution in [0.1, 0.15) is 32.8 Å². The van der Waals surface area contributed by atoms with Crippen LogP contribution in [0, 0.1) is 0 Å². The summed E-state index contributed by atoms with van der Waals surface area (Å²) in [7, 11) is 1.41. The number of aldehydes is 1. The third kappa shape index (κ3) is 6.98. The second kappa shape index (κ2) is 11.9. The van der Waals surface area contributed by atoms with E-state index < -0.39 is 35.3 Å². The summed E-state index contributed by atoms with van der Waals surface area (Å²) in [5.41, 5.74) is 1.03. The highest BCUT2D eigenvalue weighted by molar-refractivity contribution is 7.80. The molecule has 2 unspecified atom stereocenters. The van der Waals surface area contributed by atoms with Crippen molar-refractivity contribution >= 4 is 40.1 Å². The molecule has 0 spiro atoms. The summed E-state index contributed by atoms with van der Waals surface area (Å²) < 4.78 is 41.5. The normalized spacial score (nSPS) is 13.0. The Morgan fingerprint density at radius 2 is 1.94 bits per heavy atom. The summed E-state index contributed by atoms with van der Waals surface area (Å²) in [6.45, 7) is 5.18. The van der Waals surface area contributed by atoms with Crippen molar-refractivity contribution in [2.45, 2.75) is 45.3 Å². The van der Waals surface area contributed by atoms with Gasteiger partial charge in [-0.3, -0.25) is 18.3 Å². The van der Waals surface area contributed by atoms with Gasteiger partial charge in [-0.05, 0) is 44.5 Å². The number of hydrogen-bond donors (Lipinski definition) is 0. The SMILES string of the molecule is COc1ccc(N(C(C=O)CC(=O)OC(C)(C)C)S(=O)[O-])c(OCCc2ccnc3ccccc23)n1. The topological polar surface area (TPSA) is 131 Å². The molecular weight excluding hydrogens is 486 g/mol. The van der Waals surface area contributed by atoms with Crippen LogP contribution in [0.5, 0.6) is 11.8 Å². The molecular formula is C25H28N3O7S-. The molecule has 0 aliphatic carbocycles. The van der Waals surface area contributed by atoms with E-state index in [1.165, 1.54) is 19.2 Å². The van der Waals surface area contributed by atoms with Gasteiger partial charge in [-0.1, -0.05) is 18.2 Å². The fraction of sp³-hybridized carbons (Fsp3) is 0.360. The molecule has 11 heteroatoms. The maximum atomic E-state index is 12.3. The van der Waals surface area contributed by atoms with Gasteiger partial charge in [-0.25, -0.2) is 0 Å². The van der Waals surface area contributed by atoms with Gasteiger partial charge < -0.3 is 23.6 Å². The minimum atomic E-state index is -2.93. The smallest absolute Gasteiger partial charge is 0.308 e. The molecule has 3 rings (SSSR count). The van der Waals surface area contributed by atoms with E-state index in [4.69, 9.17) is 14.2 Å². The van der Waals surface area contributed by atoms with E-state index >= 15 is 0 Å². The highest BCUT2D eigenvalue weighted by Crippen LogP contribution is 2.32. The zero-order valence-electron chi connectivity index (χ0n) is 20.5. The van der Waals surface area contributed by atoms with Crippen molar-refractivity contribution in [3.05, 3.63) is 54.2 Å². The van der Waals surface area contributed by atoms with Crippen LogP contribution in [-0.4, -0.2) is 56.3 Å². The summed E-state index contributed by atoms with van der Waals surface area (Å²) in [4.78, 5) is 32.8. The molecule has 0 N–H and O–H groups in total. The van der Waals surface area contributed by atoms with Crippen LogP contribution < -0.4 is 13.8 Å². The minimum absolute atomic E-state index is 0.00983. The number of ether oxygens (including phenoxy) is 3. The van der Waals surface area contributed by atoms with Crippen LogP contribution in [0.2, 0.25) is 0 Å². The second-order valence-corrected chi connectivity index (χ2v) is 9.63. The highest BCUT2D eigenvalue weighted by Gasteiger charge is 2.28. The molecule has 2 atom stereocenters. The maximum Gasteiger partial charge on any atom is 0.308 e. The summed E-state index contributed by atoms with van der Waals surface area (Å²) in [5.74, 6) is -0.592. The van der Waals surface area contributed by atoms with Crippen molar-refractivity contribution in [1.82, 2.24) is 9.97 Å². The molecule has 10 nitrogen and oxygen atoms in total. The molecule has 2 heterocycles. The minimum Gasteiger partial charge on any atom is -0.755 e. The van der Waals surface area contributed by atoms with Gasteiger partial charge in [0.15, 0.2) is 0 Å². The van der Waals surface area contributed by atoms with Crippen molar-refractivity contribution in [2.24, 2.45) is 0 Å². The van der Waals surface area contributed by atoms with Crippen molar-refractivity contribution < 1.29 is 32.6 Å². The molecule has 0 aliphatic heterocycles. The summed E-state index contributed by atoms with van der Waals surface area (Å²) in [6.07, 6.45) is 2.08. The molecule has 3 aromatic rings. The number of carbonyl (C=O) groups is 2. The molecule has 0 fully saturated rings. The number of methoxy groups -OCH3 is 1. The predicted octanol–water partition coefficient (Wildman–Crippen LogP) is 3.16. The molecule has 192 valence electrons. The van der Waals surface area contributed by atoms with Gasteiger partial charge >= 0.3 is 5.97 Å². The number of anilines is 1. The molecule has 0 amide bonds. The van der Waals surface area contributed by atoms with E-state index in [2.05, 4.69) is 9.97 Å². The van der Waals surface area contributed by atoms with E-state index in [0.29, 0.717) is 12.7 Å². The lowest BCUT2D eigenvalue weighted by molar-refractivity contribution is -0.155. The maximum absolute atomic E-state index is 12.3. The molecule has 0 aliphatic rings. The standard InChI is InChI=1S/C25H29N3O7S/c1-25(2,3)35-23(30)15-18(16-29)28(36(31)32)21-9-10-22(33-4)27-24(21)34-14-12-17-11-13-26-20-8-6-5-7-19(17)20/h5-11,13,16,18H,12,14-15H2,1-4H3,(H,31,32)/p-1. The first-order valence-electron chi connectivity index (χ1n) is 11.2. The number of carbonyl (C=O) groups excluding carboxylic acids is 2. The van der Waals surface area contributed by atoms with Crippen LogP contribution >= 0.6 is 0 Å². The Morgan fingerprint density at radius 3 is 2.61 bits per heavy atom. The van der Waals surface area contributed by atoms with Gasteiger partial charge in [-0.2, -0.15) is 4.98 Å². The molecule has 0 bridgehead atoms. The van der Waals surface area contributed by atoms with Crippen LogP contribution in [-0.2, 0) is 32.0 Å². The summed E-state index contributed by atoms with van der Waals surface area (Å²) in [6, 6.07) is 11.1. The predicted molar refractivity (Wildman–Crippen MR) is 133 cm³/mol. The number of esters is 1. The van der Waals surface area contributed by atoms with Gasteiger partial charge in [0.2, 0.25) is 11.8 Å². The van der Waals surface area contributed by atoms with E-state index in [-0.39, 0.29) is 24.1 Å². The molecule has 36 heavy (non-hydrogen) atoms. The first kappa shape index (κ1) is 27.0. The van der Waals surface area contributed by atoms with Crippen LogP contribution in [0.4, 0.5) is 5.69 Å². The van der Waals surface area contributed by atoms with Gasteiger partial charge in [0.1, 0.15) is 23.6 Å². The number of nitrogens with zero attached hydrogens (tertiary/aromatic N) is 3. The van der Waals surface area contributed by atoms with E-state index in [1.807, 2.05) is 30.3 Å². The van der Waals surface area contributed by atoms with E-state index in [9.17, 15) is 18.4 Å². The summed E-state index contributed by atoms with van der Waals surface area (Å²) >= 11 is -2.93. The largest absolute Gasteiger partial charge is 0.755 e. The lowest BCUT2D eigenvalue weighted by Crippen LogP contribution is -2.41. The second-order valence-electron chi connectivity index (χ2n) is 8.80. The molecule has 0 saturated heterocycles. The van der Waals surface area contributed by atoms with Crippen molar-refractivity contribution in [3.63, 3.8) is 0 Å².